The summed E-state index contributed by atoms with van der Waals surface area (Å²) in [5.41, 5.74) is 2.16. The van der Waals surface area contributed by atoms with E-state index in [-0.39, 0.29) is 5.91 Å². The molecule has 0 radical (unpaired) electrons. The van der Waals surface area contributed by atoms with Gasteiger partial charge in [0.05, 0.1) is 23.8 Å². The van der Waals surface area contributed by atoms with Gasteiger partial charge in [-0.25, -0.2) is 4.98 Å². The number of rotatable bonds is 8. The van der Waals surface area contributed by atoms with Gasteiger partial charge in [-0.05, 0) is 19.4 Å². The normalized spacial score (nSPS) is 11.3. The van der Waals surface area contributed by atoms with Crippen molar-refractivity contribution in [1.82, 2.24) is 20.1 Å². The largest absolute Gasteiger partial charge is 0.357 e. The molecule has 0 spiro atoms. The van der Waals surface area contributed by atoms with Crippen LogP contribution in [0.15, 0.2) is 40.7 Å². The van der Waals surface area contributed by atoms with Gasteiger partial charge in [-0.2, -0.15) is 0 Å². The van der Waals surface area contributed by atoms with E-state index in [9.17, 15) is 4.79 Å². The molecule has 0 fully saturated rings. The van der Waals surface area contributed by atoms with E-state index in [0.717, 1.165) is 28.8 Å². The van der Waals surface area contributed by atoms with Crippen LogP contribution >= 0.6 is 11.3 Å². The minimum atomic E-state index is 0.0937. The van der Waals surface area contributed by atoms with E-state index in [1.165, 1.54) is 0 Å². The Kier molecular flexibility index (Phi) is 8.26. The summed E-state index contributed by atoms with van der Waals surface area (Å²) in [6.45, 7) is 6.59. The number of hydrogen-bond donors (Lipinski definition) is 1. The summed E-state index contributed by atoms with van der Waals surface area (Å²) in [7, 11) is 3.82. The first kappa shape index (κ1) is 20.9. The molecular formula is C20H29N5OS. The molecule has 0 unspecified atom stereocenters. The predicted octanol–water partition coefficient (Wildman–Crippen LogP) is 2.90. The minimum absolute atomic E-state index is 0.0937. The lowest BCUT2D eigenvalue weighted by Crippen LogP contribution is -2.38. The lowest BCUT2D eigenvalue weighted by atomic mass is 10.2. The second-order valence-electron chi connectivity index (χ2n) is 6.43. The first-order chi connectivity index (χ1) is 13.0. The number of thiazole rings is 1. The molecule has 0 atom stereocenters. The van der Waals surface area contributed by atoms with E-state index in [1.54, 1.807) is 16.2 Å². The Morgan fingerprint density at radius 1 is 1.19 bits per heavy atom. The van der Waals surface area contributed by atoms with Gasteiger partial charge in [-0.15, -0.1) is 11.3 Å². The topological polar surface area (TPSA) is 60.8 Å². The first-order valence-electron chi connectivity index (χ1n) is 9.18. The predicted molar refractivity (Wildman–Crippen MR) is 112 cm³/mol. The van der Waals surface area contributed by atoms with Gasteiger partial charge in [-0.1, -0.05) is 30.3 Å². The van der Waals surface area contributed by atoms with E-state index < -0.39 is 0 Å². The third-order valence-corrected chi connectivity index (χ3v) is 4.86. The number of hydrogen-bond acceptors (Lipinski definition) is 4. The van der Waals surface area contributed by atoms with Crippen LogP contribution in [0.5, 0.6) is 0 Å². The van der Waals surface area contributed by atoms with Crippen molar-refractivity contribution in [1.29, 1.82) is 0 Å². The van der Waals surface area contributed by atoms with E-state index in [1.807, 2.05) is 63.2 Å². The Hall–Kier alpha value is -2.41. The Morgan fingerprint density at radius 3 is 2.56 bits per heavy atom. The minimum Gasteiger partial charge on any atom is -0.357 e. The zero-order valence-corrected chi connectivity index (χ0v) is 17.4. The molecule has 1 aromatic heterocycles. The van der Waals surface area contributed by atoms with Crippen molar-refractivity contribution in [2.24, 2.45) is 4.99 Å². The Bertz CT molecular complexity index is 744. The number of nitrogens with one attached hydrogen (secondary N) is 1. The van der Waals surface area contributed by atoms with Crippen molar-refractivity contribution < 1.29 is 4.79 Å². The van der Waals surface area contributed by atoms with Crippen LogP contribution in [0.1, 0.15) is 29.6 Å². The molecule has 1 amide bonds. The number of guanidine groups is 1. The van der Waals surface area contributed by atoms with Crippen LogP contribution in [0.4, 0.5) is 0 Å². The molecule has 1 N–H and O–H groups in total. The molecule has 6 nitrogen and oxygen atoms in total. The third-order valence-electron chi connectivity index (χ3n) is 4.04. The fourth-order valence-electron chi connectivity index (χ4n) is 2.66. The maximum Gasteiger partial charge on any atom is 0.224 e. The van der Waals surface area contributed by atoms with Crippen molar-refractivity contribution in [2.45, 2.75) is 33.4 Å². The van der Waals surface area contributed by atoms with Crippen molar-refractivity contribution >= 4 is 23.2 Å². The average molecular weight is 388 g/mol. The fourth-order valence-corrected chi connectivity index (χ4v) is 3.27. The molecule has 0 saturated heterocycles. The van der Waals surface area contributed by atoms with Crippen molar-refractivity contribution in [2.75, 3.05) is 27.2 Å². The number of aliphatic imine (C=N–C) groups is 1. The molecule has 7 heteroatoms. The standard InChI is InChI=1S/C20H29N5OS/c1-5-21-20(25(4)14-18-15-27-16(2)23-18)22-12-11-19(26)24(3)13-17-9-7-6-8-10-17/h6-10,15H,5,11-14H2,1-4H3,(H,21,22). The van der Waals surface area contributed by atoms with E-state index in [0.29, 0.717) is 26.1 Å². The third kappa shape index (κ3) is 7.02. The van der Waals surface area contributed by atoms with E-state index in [2.05, 4.69) is 20.7 Å². The zero-order valence-electron chi connectivity index (χ0n) is 16.6. The zero-order chi connectivity index (χ0) is 19.6. The highest BCUT2D eigenvalue weighted by atomic mass is 32.1. The van der Waals surface area contributed by atoms with Gasteiger partial charge < -0.3 is 15.1 Å². The quantitative estimate of drug-likeness (QED) is 0.559. The van der Waals surface area contributed by atoms with Crippen LogP contribution in [0.3, 0.4) is 0 Å². The number of carbonyl (C=O) groups is 1. The maximum absolute atomic E-state index is 12.4. The molecule has 1 aromatic carbocycles. The average Bonchev–Trinajstić information content (AvgIpc) is 3.06. The highest BCUT2D eigenvalue weighted by molar-refractivity contribution is 7.09. The molecule has 0 saturated carbocycles. The molecule has 0 aliphatic carbocycles. The summed E-state index contributed by atoms with van der Waals surface area (Å²) in [4.78, 5) is 25.3. The molecular weight excluding hydrogens is 358 g/mol. The molecule has 2 aromatic rings. The van der Waals surface area contributed by atoms with Gasteiger partial charge >= 0.3 is 0 Å². The van der Waals surface area contributed by atoms with Gasteiger partial charge in [0.2, 0.25) is 5.91 Å². The lowest BCUT2D eigenvalue weighted by molar-refractivity contribution is -0.130. The van der Waals surface area contributed by atoms with Gasteiger partial charge in [0.1, 0.15) is 0 Å². The number of aromatic nitrogens is 1. The summed E-state index contributed by atoms with van der Waals surface area (Å²) in [5, 5.41) is 6.41. The summed E-state index contributed by atoms with van der Waals surface area (Å²) in [6, 6.07) is 10.0. The molecule has 1 heterocycles. The smallest absolute Gasteiger partial charge is 0.224 e. The number of benzene rings is 1. The molecule has 0 aliphatic rings. The van der Waals surface area contributed by atoms with Gasteiger partial charge in [-0.3, -0.25) is 9.79 Å². The first-order valence-corrected chi connectivity index (χ1v) is 10.1. The molecule has 27 heavy (non-hydrogen) atoms. The molecule has 146 valence electrons. The van der Waals surface area contributed by atoms with Gasteiger partial charge in [0.15, 0.2) is 5.96 Å². The van der Waals surface area contributed by atoms with Gasteiger partial charge in [0.25, 0.3) is 0 Å². The monoisotopic (exact) mass is 387 g/mol. The highest BCUT2D eigenvalue weighted by Crippen LogP contribution is 2.10. The number of amides is 1. The summed E-state index contributed by atoms with van der Waals surface area (Å²) >= 11 is 1.65. The van der Waals surface area contributed by atoms with Gasteiger partial charge in [0, 0.05) is 39.0 Å². The number of nitrogens with zero attached hydrogens (tertiary/aromatic N) is 4. The molecule has 2 rings (SSSR count). The van der Waals surface area contributed by atoms with Crippen LogP contribution in [0.25, 0.3) is 0 Å². The number of aryl methyl sites for hydroxylation is 1. The summed E-state index contributed by atoms with van der Waals surface area (Å²) in [6.07, 6.45) is 0.391. The van der Waals surface area contributed by atoms with Crippen LogP contribution in [-0.2, 0) is 17.9 Å². The highest BCUT2D eigenvalue weighted by Gasteiger charge is 2.11. The Balaban J connectivity index is 1.86. The second-order valence-corrected chi connectivity index (χ2v) is 7.50. The Morgan fingerprint density at radius 2 is 1.93 bits per heavy atom. The number of carbonyl (C=O) groups excluding carboxylic acids is 1. The van der Waals surface area contributed by atoms with Crippen molar-refractivity contribution in [3.63, 3.8) is 0 Å². The Labute approximate surface area is 165 Å². The maximum atomic E-state index is 12.4. The van der Waals surface area contributed by atoms with E-state index in [4.69, 9.17) is 0 Å². The second kappa shape index (κ2) is 10.7. The van der Waals surface area contributed by atoms with Crippen LogP contribution in [0.2, 0.25) is 0 Å². The SMILES string of the molecule is CCNC(=NCCC(=O)N(C)Cc1ccccc1)N(C)Cc1csc(C)n1. The fraction of sp³-hybridized carbons (Fsp3) is 0.450. The van der Waals surface area contributed by atoms with Crippen molar-refractivity contribution in [3.8, 4) is 0 Å². The van der Waals surface area contributed by atoms with Crippen LogP contribution < -0.4 is 5.32 Å². The molecule has 0 bridgehead atoms. The summed E-state index contributed by atoms with van der Waals surface area (Å²) < 4.78 is 0. The van der Waals surface area contributed by atoms with Crippen LogP contribution in [0, 0.1) is 6.92 Å². The summed E-state index contributed by atoms with van der Waals surface area (Å²) in [5.74, 6) is 0.887. The van der Waals surface area contributed by atoms with Crippen LogP contribution in [-0.4, -0.2) is 53.8 Å². The van der Waals surface area contributed by atoms with Crippen molar-refractivity contribution in [3.05, 3.63) is 52.0 Å². The van der Waals surface area contributed by atoms with E-state index >= 15 is 0 Å². The lowest BCUT2D eigenvalue weighted by Gasteiger charge is -2.21. The molecule has 0 aliphatic heterocycles.